The molecule has 0 bridgehead atoms. The van der Waals surface area contributed by atoms with Gasteiger partial charge >= 0.3 is 0 Å². The number of anilines is 1. The Hall–Kier alpha value is -2.33. The molecule has 0 saturated heterocycles. The van der Waals surface area contributed by atoms with Crippen LogP contribution in [0.4, 0.5) is 5.69 Å². The average molecular weight is 538 g/mol. The monoisotopic (exact) mass is 538 g/mol. The number of benzene rings is 2. The van der Waals surface area contributed by atoms with E-state index in [0.717, 1.165) is 35.1 Å². The lowest BCUT2D eigenvalue weighted by molar-refractivity contribution is -0.116. The van der Waals surface area contributed by atoms with E-state index in [4.69, 9.17) is 14.5 Å². The number of para-hydroxylation sites is 1. The van der Waals surface area contributed by atoms with E-state index in [0.29, 0.717) is 32.7 Å². The smallest absolute Gasteiger partial charge is 0.225 e. The number of nitrogens with one attached hydrogen (secondary N) is 3. The van der Waals surface area contributed by atoms with Gasteiger partial charge in [0.05, 0.1) is 13.2 Å². The zero-order valence-corrected chi connectivity index (χ0v) is 20.3. The van der Waals surface area contributed by atoms with Crippen LogP contribution in [0.3, 0.4) is 0 Å². The minimum atomic E-state index is 0. The van der Waals surface area contributed by atoms with E-state index in [1.54, 1.807) is 7.11 Å². The highest BCUT2D eigenvalue weighted by atomic mass is 127. The summed E-state index contributed by atoms with van der Waals surface area (Å²) in [5.74, 6) is 1.69. The van der Waals surface area contributed by atoms with Crippen LogP contribution in [0.2, 0.25) is 0 Å². The molecule has 3 N–H and O–H groups in total. The SMILES string of the molecule is CCNC(=NCc1cccc(OCCOC)c1)NCC1CC(=O)Nc2ccccc21.I. The summed E-state index contributed by atoms with van der Waals surface area (Å²) in [6.45, 7) is 5.02. The highest BCUT2D eigenvalue weighted by Crippen LogP contribution is 2.31. The van der Waals surface area contributed by atoms with Crippen LogP contribution in [0, 0.1) is 0 Å². The Labute approximate surface area is 201 Å². The first-order valence-electron chi connectivity index (χ1n) is 10.3. The lowest BCUT2D eigenvalue weighted by Gasteiger charge is -2.26. The Morgan fingerprint density at radius 1 is 1.16 bits per heavy atom. The van der Waals surface area contributed by atoms with Crippen molar-refractivity contribution in [2.24, 2.45) is 4.99 Å². The normalized spacial score (nSPS) is 15.4. The minimum absolute atomic E-state index is 0. The number of methoxy groups -OCH3 is 1. The van der Waals surface area contributed by atoms with Crippen molar-refractivity contribution in [1.82, 2.24) is 10.6 Å². The third-order valence-corrected chi connectivity index (χ3v) is 4.84. The van der Waals surface area contributed by atoms with Crippen molar-refractivity contribution >= 4 is 41.5 Å². The first kappa shape index (κ1) is 24.9. The predicted octanol–water partition coefficient (Wildman–Crippen LogP) is 3.51. The standard InChI is InChI=1S/C23H30N4O3.HI/c1-3-24-23(25-15-17-7-6-8-19(13-17)30-12-11-29-2)26-16-18-14-22(28)27-21-10-5-4-9-20(18)21;/h4-10,13,18H,3,11-12,14-16H2,1-2H3,(H,27,28)(H2,24,25,26);1H. The molecule has 3 rings (SSSR count). The van der Waals surface area contributed by atoms with Crippen LogP contribution in [-0.4, -0.2) is 45.3 Å². The van der Waals surface area contributed by atoms with Gasteiger partial charge in [-0.2, -0.15) is 0 Å². The highest BCUT2D eigenvalue weighted by molar-refractivity contribution is 14.0. The lowest BCUT2D eigenvalue weighted by Crippen LogP contribution is -2.40. The van der Waals surface area contributed by atoms with E-state index in [-0.39, 0.29) is 35.8 Å². The third-order valence-electron chi connectivity index (χ3n) is 4.84. The summed E-state index contributed by atoms with van der Waals surface area (Å²) < 4.78 is 10.7. The fraction of sp³-hybridized carbons (Fsp3) is 0.391. The first-order chi connectivity index (χ1) is 14.7. The number of carbonyl (C=O) groups excluding carboxylic acids is 1. The molecule has 0 spiro atoms. The molecule has 0 saturated carbocycles. The summed E-state index contributed by atoms with van der Waals surface area (Å²) in [6.07, 6.45) is 0.463. The number of fused-ring (bicyclic) bond motifs is 1. The number of halogens is 1. The summed E-state index contributed by atoms with van der Waals surface area (Å²) in [5, 5.41) is 9.60. The van der Waals surface area contributed by atoms with Gasteiger partial charge in [-0.1, -0.05) is 30.3 Å². The molecule has 7 nitrogen and oxygen atoms in total. The maximum absolute atomic E-state index is 12.0. The second-order valence-electron chi connectivity index (χ2n) is 7.10. The number of guanidine groups is 1. The molecule has 0 aromatic heterocycles. The van der Waals surface area contributed by atoms with Crippen molar-refractivity contribution in [2.45, 2.75) is 25.8 Å². The molecule has 0 radical (unpaired) electrons. The maximum Gasteiger partial charge on any atom is 0.225 e. The predicted molar refractivity (Wildman–Crippen MR) is 134 cm³/mol. The number of aliphatic imine (C=N–C) groups is 1. The van der Waals surface area contributed by atoms with Gasteiger partial charge in [-0.25, -0.2) is 4.99 Å². The van der Waals surface area contributed by atoms with Gasteiger partial charge in [0.15, 0.2) is 5.96 Å². The zero-order valence-electron chi connectivity index (χ0n) is 18.0. The molecule has 1 aliphatic rings. The molecule has 0 aliphatic carbocycles. The number of rotatable bonds is 9. The number of nitrogens with zero attached hydrogens (tertiary/aromatic N) is 1. The quantitative estimate of drug-likeness (QED) is 0.197. The summed E-state index contributed by atoms with van der Waals surface area (Å²) in [6, 6.07) is 15.9. The molecule has 2 aromatic rings. The van der Waals surface area contributed by atoms with E-state index < -0.39 is 0 Å². The van der Waals surface area contributed by atoms with Crippen molar-refractivity contribution in [3.63, 3.8) is 0 Å². The largest absolute Gasteiger partial charge is 0.491 e. The number of ether oxygens (including phenoxy) is 2. The van der Waals surface area contributed by atoms with Gasteiger partial charge in [0, 0.05) is 38.2 Å². The van der Waals surface area contributed by atoms with Gasteiger partial charge < -0.3 is 25.4 Å². The summed E-state index contributed by atoms with van der Waals surface area (Å²) in [4.78, 5) is 16.7. The Bertz CT molecular complexity index is 875. The van der Waals surface area contributed by atoms with Crippen LogP contribution < -0.4 is 20.7 Å². The van der Waals surface area contributed by atoms with E-state index >= 15 is 0 Å². The molecule has 2 aromatic carbocycles. The molecule has 0 fully saturated rings. The molecule has 1 heterocycles. The molecular weight excluding hydrogens is 507 g/mol. The molecule has 1 aliphatic heterocycles. The fourth-order valence-electron chi connectivity index (χ4n) is 3.39. The molecule has 1 atom stereocenters. The summed E-state index contributed by atoms with van der Waals surface area (Å²) in [5.41, 5.74) is 3.11. The van der Waals surface area contributed by atoms with Crippen LogP contribution in [0.15, 0.2) is 53.5 Å². The summed E-state index contributed by atoms with van der Waals surface area (Å²) >= 11 is 0. The molecule has 1 unspecified atom stereocenters. The van der Waals surface area contributed by atoms with E-state index in [1.165, 1.54) is 0 Å². The molecule has 31 heavy (non-hydrogen) atoms. The molecule has 1 amide bonds. The second-order valence-corrected chi connectivity index (χ2v) is 7.10. The molecule has 168 valence electrons. The van der Waals surface area contributed by atoms with Gasteiger partial charge in [0.1, 0.15) is 12.4 Å². The number of hydrogen-bond acceptors (Lipinski definition) is 4. The van der Waals surface area contributed by atoms with E-state index in [9.17, 15) is 4.79 Å². The van der Waals surface area contributed by atoms with Crippen LogP contribution in [0.25, 0.3) is 0 Å². The van der Waals surface area contributed by atoms with Crippen LogP contribution >= 0.6 is 24.0 Å². The van der Waals surface area contributed by atoms with Gasteiger partial charge in [-0.05, 0) is 36.2 Å². The van der Waals surface area contributed by atoms with Crippen molar-refractivity contribution in [2.75, 3.05) is 38.7 Å². The second kappa shape index (κ2) is 13.2. The van der Waals surface area contributed by atoms with Crippen LogP contribution in [0.5, 0.6) is 5.75 Å². The Morgan fingerprint density at radius 2 is 2.00 bits per heavy atom. The van der Waals surface area contributed by atoms with Crippen molar-refractivity contribution < 1.29 is 14.3 Å². The van der Waals surface area contributed by atoms with Gasteiger partial charge in [-0.3, -0.25) is 4.79 Å². The number of hydrogen-bond donors (Lipinski definition) is 3. The topological polar surface area (TPSA) is 84.0 Å². The minimum Gasteiger partial charge on any atom is -0.491 e. The van der Waals surface area contributed by atoms with Crippen LogP contribution in [-0.2, 0) is 16.1 Å². The van der Waals surface area contributed by atoms with Gasteiger partial charge in [0.25, 0.3) is 0 Å². The van der Waals surface area contributed by atoms with E-state index in [2.05, 4.69) is 22.0 Å². The Morgan fingerprint density at radius 3 is 2.81 bits per heavy atom. The highest BCUT2D eigenvalue weighted by Gasteiger charge is 2.24. The Balaban J connectivity index is 0.00000341. The van der Waals surface area contributed by atoms with Crippen molar-refractivity contribution in [1.29, 1.82) is 0 Å². The molecular formula is C23H31IN4O3. The molecule has 8 heteroatoms. The van der Waals surface area contributed by atoms with Crippen LogP contribution in [0.1, 0.15) is 30.4 Å². The maximum atomic E-state index is 12.0. The van der Waals surface area contributed by atoms with Gasteiger partial charge in [-0.15, -0.1) is 24.0 Å². The lowest BCUT2D eigenvalue weighted by atomic mass is 9.90. The average Bonchev–Trinajstić information content (AvgIpc) is 2.76. The number of amides is 1. The zero-order chi connectivity index (χ0) is 21.2. The Kier molecular flexibility index (Phi) is 10.6. The van der Waals surface area contributed by atoms with Crippen molar-refractivity contribution in [3.05, 3.63) is 59.7 Å². The summed E-state index contributed by atoms with van der Waals surface area (Å²) in [7, 11) is 1.65. The van der Waals surface area contributed by atoms with Crippen molar-refractivity contribution in [3.8, 4) is 5.75 Å². The first-order valence-corrected chi connectivity index (χ1v) is 10.3. The van der Waals surface area contributed by atoms with E-state index in [1.807, 2.05) is 49.4 Å². The van der Waals surface area contributed by atoms with Gasteiger partial charge in [0.2, 0.25) is 5.91 Å². The fourth-order valence-corrected chi connectivity index (χ4v) is 3.39. The third kappa shape index (κ3) is 7.70. The number of carbonyl (C=O) groups is 1.